The van der Waals surface area contributed by atoms with Gasteiger partial charge in [0.05, 0.1) is 30.6 Å². The molecule has 0 aliphatic carbocycles. The SMILES string of the molecule is C[C@@H](O)c1cc2cnc(Nc3ccc4c(n3)CCN(C(=O)[C@@H]3C[C@@H](O)CN3CCO)C4)nc2c(N2C3CCC2CC3)n1. The van der Waals surface area contributed by atoms with E-state index < -0.39 is 18.2 Å². The summed E-state index contributed by atoms with van der Waals surface area (Å²) in [6.07, 6.45) is 6.21. The molecule has 222 valence electrons. The first kappa shape index (κ1) is 27.4. The van der Waals surface area contributed by atoms with Crippen LogP contribution in [0.3, 0.4) is 0 Å². The maximum absolute atomic E-state index is 13.3. The van der Waals surface area contributed by atoms with Crippen LogP contribution in [0.15, 0.2) is 24.4 Å². The number of hydrogen-bond acceptors (Lipinski definition) is 11. The van der Waals surface area contributed by atoms with E-state index in [1.165, 1.54) is 0 Å². The highest BCUT2D eigenvalue weighted by Crippen LogP contribution is 2.42. The predicted molar refractivity (Wildman–Crippen MR) is 156 cm³/mol. The van der Waals surface area contributed by atoms with E-state index in [1.54, 1.807) is 13.1 Å². The van der Waals surface area contributed by atoms with Crippen molar-refractivity contribution in [2.75, 3.05) is 36.5 Å². The number of amides is 1. The largest absolute Gasteiger partial charge is 0.395 e. The molecule has 3 aromatic rings. The average Bonchev–Trinajstić information content (AvgIpc) is 3.70. The van der Waals surface area contributed by atoms with Crippen LogP contribution >= 0.6 is 0 Å². The molecule has 3 saturated heterocycles. The minimum atomic E-state index is -0.679. The highest BCUT2D eigenvalue weighted by atomic mass is 16.3. The number of fused-ring (bicyclic) bond motifs is 4. The number of hydrogen-bond donors (Lipinski definition) is 4. The molecule has 42 heavy (non-hydrogen) atoms. The van der Waals surface area contributed by atoms with Gasteiger partial charge in [-0.05, 0) is 56.7 Å². The topological polar surface area (TPSA) is 151 Å². The molecule has 0 aromatic carbocycles. The molecule has 4 aliphatic rings. The molecule has 3 aromatic heterocycles. The van der Waals surface area contributed by atoms with Crippen LogP contribution in [0.2, 0.25) is 0 Å². The number of anilines is 3. The summed E-state index contributed by atoms with van der Waals surface area (Å²) in [4.78, 5) is 38.6. The number of aliphatic hydroxyl groups excluding tert-OH is 3. The third-order valence-electron chi connectivity index (χ3n) is 9.35. The molecule has 4 aliphatic heterocycles. The highest BCUT2D eigenvalue weighted by Gasteiger charge is 2.41. The van der Waals surface area contributed by atoms with Crippen LogP contribution in [0, 0.1) is 0 Å². The number of β-amino-alcohol motifs (C(OH)–C–C–N with tert-alkyl or cyclic N) is 2. The van der Waals surface area contributed by atoms with Crippen LogP contribution in [0.1, 0.15) is 62.1 Å². The van der Waals surface area contributed by atoms with E-state index in [0.717, 1.165) is 53.7 Å². The van der Waals surface area contributed by atoms with Gasteiger partial charge in [-0.3, -0.25) is 9.69 Å². The van der Waals surface area contributed by atoms with Crippen molar-refractivity contribution in [3.63, 3.8) is 0 Å². The Kier molecular flexibility index (Phi) is 7.17. The van der Waals surface area contributed by atoms with Gasteiger partial charge in [-0.25, -0.2) is 19.9 Å². The summed E-state index contributed by atoms with van der Waals surface area (Å²) < 4.78 is 0. The second-order valence-corrected chi connectivity index (χ2v) is 12.1. The fourth-order valence-corrected chi connectivity index (χ4v) is 7.27. The molecule has 3 fully saturated rings. The van der Waals surface area contributed by atoms with Crippen molar-refractivity contribution in [1.82, 2.24) is 29.7 Å². The van der Waals surface area contributed by atoms with E-state index in [2.05, 4.69) is 15.2 Å². The van der Waals surface area contributed by atoms with Crippen LogP contribution in [0.25, 0.3) is 10.9 Å². The molecule has 2 bridgehead atoms. The Labute approximate surface area is 244 Å². The van der Waals surface area contributed by atoms with Gasteiger partial charge in [0, 0.05) is 62.0 Å². The molecule has 0 spiro atoms. The Morgan fingerprint density at radius 1 is 1.14 bits per heavy atom. The zero-order chi connectivity index (χ0) is 29.0. The molecule has 7 heterocycles. The van der Waals surface area contributed by atoms with Crippen LogP contribution in [-0.4, -0.2) is 101 Å². The minimum absolute atomic E-state index is 0.00739. The second-order valence-electron chi connectivity index (χ2n) is 12.1. The van der Waals surface area contributed by atoms with E-state index in [0.29, 0.717) is 68.6 Å². The molecule has 1 amide bonds. The van der Waals surface area contributed by atoms with E-state index in [4.69, 9.17) is 15.0 Å². The lowest BCUT2D eigenvalue weighted by Gasteiger charge is -2.33. The van der Waals surface area contributed by atoms with E-state index in [1.807, 2.05) is 28.0 Å². The van der Waals surface area contributed by atoms with Gasteiger partial charge in [-0.1, -0.05) is 6.07 Å². The number of aliphatic hydroxyl groups is 3. The number of likely N-dealkylation sites (tertiary alicyclic amines) is 1. The molecule has 0 unspecified atom stereocenters. The molecule has 12 nitrogen and oxygen atoms in total. The third-order valence-corrected chi connectivity index (χ3v) is 9.35. The molecule has 12 heteroatoms. The maximum Gasteiger partial charge on any atom is 0.240 e. The lowest BCUT2D eigenvalue weighted by Crippen LogP contribution is -2.48. The van der Waals surface area contributed by atoms with Gasteiger partial charge in [-0.15, -0.1) is 0 Å². The van der Waals surface area contributed by atoms with Gasteiger partial charge in [0.1, 0.15) is 11.3 Å². The number of nitrogens with zero attached hydrogens (tertiary/aromatic N) is 7. The molecule has 7 rings (SSSR count). The summed E-state index contributed by atoms with van der Waals surface area (Å²) in [5, 5.41) is 33.9. The first-order valence-corrected chi connectivity index (χ1v) is 15.1. The standard InChI is InChI=1S/C30H38N8O4/c1-17(40)24-12-19-14-31-30(35-27(19)28(33-24)38-20-3-4-21(38)6-5-20)34-26-7-2-18-15-37(9-8-23(18)32-26)29(42)25-13-22(41)16-36(25)10-11-39/h2,7,12,14,17,20-22,25,39-41H,3-6,8-11,13,15-16H2,1H3,(H,31,32,34,35)/t17-,20?,21?,22-,25+/m1/s1. The molecular formula is C30H38N8O4. The average molecular weight is 575 g/mol. The molecule has 0 saturated carbocycles. The maximum atomic E-state index is 13.3. The van der Waals surface area contributed by atoms with Crippen molar-refractivity contribution in [3.8, 4) is 0 Å². The van der Waals surface area contributed by atoms with Gasteiger partial charge < -0.3 is 30.4 Å². The Morgan fingerprint density at radius 3 is 2.67 bits per heavy atom. The van der Waals surface area contributed by atoms with E-state index in [-0.39, 0.29) is 12.5 Å². The first-order chi connectivity index (χ1) is 20.4. The van der Waals surface area contributed by atoms with Crippen molar-refractivity contribution in [2.45, 2.75) is 82.3 Å². The zero-order valence-corrected chi connectivity index (χ0v) is 23.9. The number of pyridine rings is 2. The first-order valence-electron chi connectivity index (χ1n) is 15.1. The number of carbonyl (C=O) groups excluding carboxylic acids is 1. The lowest BCUT2D eigenvalue weighted by atomic mass is 10.0. The molecule has 4 N–H and O–H groups in total. The van der Waals surface area contributed by atoms with E-state index >= 15 is 0 Å². The second kappa shape index (κ2) is 11.0. The lowest BCUT2D eigenvalue weighted by molar-refractivity contribution is -0.137. The fourth-order valence-electron chi connectivity index (χ4n) is 7.27. The number of carbonyl (C=O) groups is 1. The van der Waals surface area contributed by atoms with Crippen LogP contribution in [-0.2, 0) is 17.8 Å². The third kappa shape index (κ3) is 4.96. The van der Waals surface area contributed by atoms with Gasteiger partial charge in [0.25, 0.3) is 0 Å². The van der Waals surface area contributed by atoms with Crippen LogP contribution in [0.4, 0.5) is 17.6 Å². The van der Waals surface area contributed by atoms with Crippen molar-refractivity contribution in [3.05, 3.63) is 41.3 Å². The molecule has 0 radical (unpaired) electrons. The summed E-state index contributed by atoms with van der Waals surface area (Å²) in [6, 6.07) is 6.26. The molecular weight excluding hydrogens is 536 g/mol. The Morgan fingerprint density at radius 2 is 1.93 bits per heavy atom. The summed E-state index contributed by atoms with van der Waals surface area (Å²) in [5.74, 6) is 1.89. The van der Waals surface area contributed by atoms with Crippen molar-refractivity contribution >= 4 is 34.4 Å². The summed E-state index contributed by atoms with van der Waals surface area (Å²) in [5.41, 5.74) is 3.33. The smallest absolute Gasteiger partial charge is 0.240 e. The number of rotatable bonds is 7. The summed E-state index contributed by atoms with van der Waals surface area (Å²) >= 11 is 0. The van der Waals surface area contributed by atoms with Crippen LogP contribution in [0.5, 0.6) is 0 Å². The monoisotopic (exact) mass is 574 g/mol. The number of nitrogens with one attached hydrogen (secondary N) is 1. The van der Waals surface area contributed by atoms with Crippen LogP contribution < -0.4 is 10.2 Å². The Bertz CT molecular complexity index is 1480. The fraction of sp³-hybridized carbons (Fsp3) is 0.567. The molecule has 3 atom stereocenters. The Balaban J connectivity index is 1.11. The van der Waals surface area contributed by atoms with Gasteiger partial charge in [0.2, 0.25) is 11.9 Å². The Hall–Kier alpha value is -3.45. The summed E-state index contributed by atoms with van der Waals surface area (Å²) in [6.45, 7) is 3.49. The van der Waals surface area contributed by atoms with Crippen molar-refractivity contribution < 1.29 is 20.1 Å². The summed E-state index contributed by atoms with van der Waals surface area (Å²) in [7, 11) is 0. The van der Waals surface area contributed by atoms with Crippen molar-refractivity contribution in [1.29, 1.82) is 0 Å². The highest BCUT2D eigenvalue weighted by molar-refractivity contribution is 5.90. The van der Waals surface area contributed by atoms with Gasteiger partial charge in [0.15, 0.2) is 5.82 Å². The van der Waals surface area contributed by atoms with Gasteiger partial charge in [-0.2, -0.15) is 0 Å². The quantitative estimate of drug-likeness (QED) is 0.326. The zero-order valence-electron chi connectivity index (χ0n) is 23.9. The van der Waals surface area contributed by atoms with Gasteiger partial charge >= 0.3 is 0 Å². The normalized spacial score (nSPS) is 26.2. The van der Waals surface area contributed by atoms with E-state index in [9.17, 15) is 20.1 Å². The van der Waals surface area contributed by atoms with Crippen molar-refractivity contribution in [2.24, 2.45) is 0 Å². The minimum Gasteiger partial charge on any atom is -0.395 e. The number of aromatic nitrogens is 4. The predicted octanol–water partition coefficient (Wildman–Crippen LogP) is 1.66.